The van der Waals surface area contributed by atoms with Crippen LogP contribution in [0.15, 0.2) is 41.3 Å². The summed E-state index contributed by atoms with van der Waals surface area (Å²) in [6.45, 7) is 3.84. The van der Waals surface area contributed by atoms with Crippen molar-refractivity contribution in [2.24, 2.45) is 0 Å². The fourth-order valence-corrected chi connectivity index (χ4v) is 4.08. The molecule has 0 spiro atoms. The Balaban J connectivity index is 1.91. The number of carbonyl (C=O) groups excluding carboxylic acids is 1. The third kappa shape index (κ3) is 4.05. The van der Waals surface area contributed by atoms with Crippen LogP contribution >= 0.6 is 0 Å². The maximum Gasteiger partial charge on any atom is 0.255 e. The zero-order valence-corrected chi connectivity index (χ0v) is 15.8. The Hall–Kier alpha value is -2.38. The van der Waals surface area contributed by atoms with Crippen molar-refractivity contribution in [1.82, 2.24) is 4.72 Å². The molecular formula is C19H22N2O4S. The molecule has 6 nitrogen and oxygen atoms in total. The molecular weight excluding hydrogens is 352 g/mol. The van der Waals surface area contributed by atoms with Crippen molar-refractivity contribution in [3.8, 4) is 5.75 Å². The lowest BCUT2D eigenvalue weighted by Gasteiger charge is -2.13. The van der Waals surface area contributed by atoms with E-state index < -0.39 is 10.0 Å². The molecule has 1 saturated carbocycles. The Kier molecular flexibility index (Phi) is 5.02. The van der Waals surface area contributed by atoms with Crippen molar-refractivity contribution in [2.45, 2.75) is 37.6 Å². The Bertz CT molecular complexity index is 950. The summed E-state index contributed by atoms with van der Waals surface area (Å²) in [4.78, 5) is 12.6. The van der Waals surface area contributed by atoms with Crippen molar-refractivity contribution in [1.29, 1.82) is 0 Å². The van der Waals surface area contributed by atoms with E-state index >= 15 is 0 Å². The highest BCUT2D eigenvalue weighted by Crippen LogP contribution is 2.28. The van der Waals surface area contributed by atoms with Crippen LogP contribution in [0.5, 0.6) is 5.75 Å². The van der Waals surface area contributed by atoms with E-state index in [1.54, 1.807) is 6.07 Å². The van der Waals surface area contributed by atoms with Crippen LogP contribution in [0.1, 0.15) is 34.3 Å². The molecule has 1 aliphatic rings. The molecule has 0 aromatic heterocycles. The van der Waals surface area contributed by atoms with Gasteiger partial charge in [0.2, 0.25) is 10.0 Å². The number of ether oxygens (including phenoxy) is 1. The van der Waals surface area contributed by atoms with Crippen LogP contribution < -0.4 is 14.8 Å². The third-order valence-corrected chi connectivity index (χ3v) is 5.80. The van der Waals surface area contributed by atoms with Gasteiger partial charge in [0.15, 0.2) is 0 Å². The van der Waals surface area contributed by atoms with Gasteiger partial charge in [0.1, 0.15) is 10.6 Å². The molecule has 0 bridgehead atoms. The lowest BCUT2D eigenvalue weighted by Crippen LogP contribution is -2.26. The van der Waals surface area contributed by atoms with E-state index in [0.29, 0.717) is 5.69 Å². The molecule has 1 amide bonds. The Labute approximate surface area is 153 Å². The monoisotopic (exact) mass is 374 g/mol. The largest absolute Gasteiger partial charge is 0.495 e. The number of sulfonamides is 1. The van der Waals surface area contributed by atoms with E-state index in [-0.39, 0.29) is 28.2 Å². The SMILES string of the molecule is COc1ccc(C(=O)Nc2cc(C)ccc2C)cc1S(=O)(=O)NC1CC1. The van der Waals surface area contributed by atoms with Gasteiger partial charge in [-0.15, -0.1) is 0 Å². The summed E-state index contributed by atoms with van der Waals surface area (Å²) in [7, 11) is -2.33. The molecule has 0 aliphatic heterocycles. The summed E-state index contributed by atoms with van der Waals surface area (Å²) in [6, 6.07) is 10.1. The van der Waals surface area contributed by atoms with Crippen LogP contribution in [-0.4, -0.2) is 27.5 Å². The fourth-order valence-electron chi connectivity index (χ4n) is 2.58. The van der Waals surface area contributed by atoms with Crippen molar-refractivity contribution >= 4 is 21.6 Å². The number of carbonyl (C=O) groups is 1. The van der Waals surface area contributed by atoms with Gasteiger partial charge in [-0.05, 0) is 62.1 Å². The van der Waals surface area contributed by atoms with E-state index in [1.807, 2.05) is 32.0 Å². The number of rotatable bonds is 6. The van der Waals surface area contributed by atoms with Crippen LogP contribution in [0.2, 0.25) is 0 Å². The summed E-state index contributed by atoms with van der Waals surface area (Å²) < 4.78 is 32.9. The lowest BCUT2D eigenvalue weighted by molar-refractivity contribution is 0.102. The van der Waals surface area contributed by atoms with Crippen molar-refractivity contribution in [3.05, 3.63) is 53.1 Å². The van der Waals surface area contributed by atoms with Gasteiger partial charge in [0, 0.05) is 17.3 Å². The predicted molar refractivity (Wildman–Crippen MR) is 100 cm³/mol. The minimum atomic E-state index is -3.74. The highest BCUT2D eigenvalue weighted by molar-refractivity contribution is 7.89. The first kappa shape index (κ1) is 18.4. The molecule has 26 heavy (non-hydrogen) atoms. The summed E-state index contributed by atoms with van der Waals surface area (Å²) in [5.41, 5.74) is 2.91. The predicted octanol–water partition coefficient (Wildman–Crippen LogP) is 3.01. The van der Waals surface area contributed by atoms with E-state index in [4.69, 9.17) is 4.74 Å². The van der Waals surface area contributed by atoms with Crippen LogP contribution in [0.4, 0.5) is 5.69 Å². The first-order valence-electron chi connectivity index (χ1n) is 8.39. The highest BCUT2D eigenvalue weighted by atomic mass is 32.2. The molecule has 3 rings (SSSR count). The number of benzene rings is 2. The lowest BCUT2D eigenvalue weighted by atomic mass is 10.1. The third-order valence-electron chi connectivity index (χ3n) is 4.26. The van der Waals surface area contributed by atoms with Gasteiger partial charge in [0.25, 0.3) is 5.91 Å². The van der Waals surface area contributed by atoms with Crippen molar-refractivity contribution in [2.75, 3.05) is 12.4 Å². The molecule has 2 N–H and O–H groups in total. The number of hydrogen-bond acceptors (Lipinski definition) is 4. The maximum atomic E-state index is 12.6. The molecule has 0 atom stereocenters. The van der Waals surface area contributed by atoms with Gasteiger partial charge in [-0.2, -0.15) is 0 Å². The molecule has 1 aliphatic carbocycles. The first-order chi connectivity index (χ1) is 12.3. The molecule has 7 heteroatoms. The summed E-state index contributed by atoms with van der Waals surface area (Å²) in [5.74, 6) is -0.161. The topological polar surface area (TPSA) is 84.5 Å². The number of anilines is 1. The number of nitrogens with one attached hydrogen (secondary N) is 2. The fraction of sp³-hybridized carbons (Fsp3) is 0.316. The van der Waals surface area contributed by atoms with E-state index in [1.165, 1.54) is 19.2 Å². The molecule has 2 aromatic carbocycles. The zero-order chi connectivity index (χ0) is 18.9. The summed E-state index contributed by atoms with van der Waals surface area (Å²) >= 11 is 0. The number of methoxy groups -OCH3 is 1. The molecule has 0 heterocycles. The van der Waals surface area contributed by atoms with Crippen LogP contribution in [0.25, 0.3) is 0 Å². The van der Waals surface area contributed by atoms with Crippen LogP contribution in [0, 0.1) is 13.8 Å². The average molecular weight is 374 g/mol. The first-order valence-corrected chi connectivity index (χ1v) is 9.87. The van der Waals surface area contributed by atoms with Gasteiger partial charge in [-0.3, -0.25) is 4.79 Å². The van der Waals surface area contributed by atoms with Crippen molar-refractivity contribution in [3.63, 3.8) is 0 Å². The van der Waals surface area contributed by atoms with Crippen molar-refractivity contribution < 1.29 is 17.9 Å². The van der Waals surface area contributed by atoms with Gasteiger partial charge in [-0.1, -0.05) is 12.1 Å². The highest BCUT2D eigenvalue weighted by Gasteiger charge is 2.30. The molecule has 0 saturated heterocycles. The second-order valence-electron chi connectivity index (χ2n) is 6.53. The minimum absolute atomic E-state index is 0.0273. The Morgan fingerprint density at radius 3 is 2.50 bits per heavy atom. The smallest absolute Gasteiger partial charge is 0.255 e. The quantitative estimate of drug-likeness (QED) is 0.814. The van der Waals surface area contributed by atoms with Gasteiger partial charge >= 0.3 is 0 Å². The molecule has 138 valence electrons. The van der Waals surface area contributed by atoms with E-state index in [0.717, 1.165) is 24.0 Å². The zero-order valence-electron chi connectivity index (χ0n) is 15.0. The standard InChI is InChI=1S/C19H22N2O4S/c1-12-4-5-13(2)16(10-12)20-19(22)14-6-9-17(25-3)18(11-14)26(23,24)21-15-7-8-15/h4-6,9-11,15,21H,7-8H2,1-3H3,(H,20,22). The molecule has 0 radical (unpaired) electrons. The Morgan fingerprint density at radius 1 is 1.12 bits per heavy atom. The number of aryl methyl sites for hydroxylation is 2. The van der Waals surface area contributed by atoms with Gasteiger partial charge < -0.3 is 10.1 Å². The summed E-state index contributed by atoms with van der Waals surface area (Å²) in [5, 5.41) is 2.84. The average Bonchev–Trinajstić information content (AvgIpc) is 3.40. The van der Waals surface area contributed by atoms with Gasteiger partial charge in [0.05, 0.1) is 7.11 Å². The Morgan fingerprint density at radius 2 is 1.85 bits per heavy atom. The summed E-state index contributed by atoms with van der Waals surface area (Å²) in [6.07, 6.45) is 1.66. The van der Waals surface area contributed by atoms with E-state index in [2.05, 4.69) is 10.0 Å². The van der Waals surface area contributed by atoms with Gasteiger partial charge in [-0.25, -0.2) is 13.1 Å². The number of hydrogen-bond donors (Lipinski definition) is 2. The minimum Gasteiger partial charge on any atom is -0.495 e. The van der Waals surface area contributed by atoms with Crippen LogP contribution in [0.3, 0.4) is 0 Å². The molecule has 1 fully saturated rings. The second kappa shape index (κ2) is 7.09. The van der Waals surface area contributed by atoms with Crippen LogP contribution in [-0.2, 0) is 10.0 Å². The molecule has 0 unspecified atom stereocenters. The molecule has 2 aromatic rings. The normalized spacial score (nSPS) is 14.1. The van der Waals surface area contributed by atoms with E-state index in [9.17, 15) is 13.2 Å². The maximum absolute atomic E-state index is 12.6. The second-order valence-corrected chi connectivity index (χ2v) is 8.22. The number of amides is 1.